The summed E-state index contributed by atoms with van der Waals surface area (Å²) in [5, 5.41) is 12.4. The molecule has 2 rings (SSSR count). The summed E-state index contributed by atoms with van der Waals surface area (Å²) in [6, 6.07) is 11.1. The topological polar surface area (TPSA) is 62.2 Å². The third kappa shape index (κ3) is 3.71. The van der Waals surface area contributed by atoms with Crippen molar-refractivity contribution in [2.24, 2.45) is 0 Å². The molecular weight excluding hydrogens is 276 g/mol. The number of halogens is 1. The Morgan fingerprint density at radius 3 is 2.70 bits per heavy atom. The number of hydrogen-bond acceptors (Lipinski definition) is 3. The van der Waals surface area contributed by atoms with Crippen LogP contribution in [0, 0.1) is 0 Å². The standard InChI is InChI=1S/C15H15ClN2O2/c16-9-12(8-11-4-2-1-3-5-11)18-15(20)13-6-7-17-10-14(13)19/h1-7,10,12,19H,8-9H2,(H,18,20). The first-order valence-electron chi connectivity index (χ1n) is 6.24. The fourth-order valence-corrected chi connectivity index (χ4v) is 2.07. The van der Waals surface area contributed by atoms with Gasteiger partial charge in [0, 0.05) is 18.1 Å². The number of nitrogens with one attached hydrogen (secondary N) is 1. The summed E-state index contributed by atoms with van der Waals surface area (Å²) in [4.78, 5) is 15.8. The van der Waals surface area contributed by atoms with Crippen molar-refractivity contribution in [2.45, 2.75) is 12.5 Å². The van der Waals surface area contributed by atoms with Gasteiger partial charge in [0.2, 0.25) is 0 Å². The summed E-state index contributed by atoms with van der Waals surface area (Å²) in [6.45, 7) is 0. The van der Waals surface area contributed by atoms with Gasteiger partial charge in [0.25, 0.3) is 5.91 Å². The molecule has 0 aliphatic carbocycles. The van der Waals surface area contributed by atoms with Gasteiger partial charge >= 0.3 is 0 Å². The van der Waals surface area contributed by atoms with E-state index in [9.17, 15) is 9.90 Å². The zero-order chi connectivity index (χ0) is 14.4. The van der Waals surface area contributed by atoms with Gasteiger partial charge in [0.1, 0.15) is 5.75 Å². The van der Waals surface area contributed by atoms with Crippen LogP contribution >= 0.6 is 11.6 Å². The number of aromatic nitrogens is 1. The summed E-state index contributed by atoms with van der Waals surface area (Å²) in [7, 11) is 0. The third-order valence-electron chi connectivity index (χ3n) is 2.89. The lowest BCUT2D eigenvalue weighted by Gasteiger charge is -2.16. The second-order valence-electron chi connectivity index (χ2n) is 4.41. The molecule has 0 spiro atoms. The van der Waals surface area contributed by atoms with Gasteiger partial charge in [-0.05, 0) is 18.1 Å². The number of carbonyl (C=O) groups is 1. The van der Waals surface area contributed by atoms with Crippen LogP contribution in [0.4, 0.5) is 0 Å². The van der Waals surface area contributed by atoms with Crippen LogP contribution in [0.1, 0.15) is 15.9 Å². The zero-order valence-corrected chi connectivity index (χ0v) is 11.5. The predicted octanol–water partition coefficient (Wildman–Crippen LogP) is 2.37. The summed E-state index contributed by atoms with van der Waals surface area (Å²) in [5.74, 6) is -0.198. The molecule has 1 heterocycles. The second kappa shape index (κ2) is 6.91. The van der Waals surface area contributed by atoms with Gasteiger partial charge in [-0.25, -0.2) is 0 Å². The molecule has 1 aromatic carbocycles. The molecule has 4 nitrogen and oxygen atoms in total. The maximum Gasteiger partial charge on any atom is 0.255 e. The molecule has 0 fully saturated rings. The van der Waals surface area contributed by atoms with Crippen molar-refractivity contribution < 1.29 is 9.90 Å². The molecule has 2 aromatic rings. The molecule has 1 unspecified atom stereocenters. The Kier molecular flexibility index (Phi) is 4.96. The average molecular weight is 291 g/mol. The lowest BCUT2D eigenvalue weighted by Crippen LogP contribution is -2.37. The van der Waals surface area contributed by atoms with Crippen molar-refractivity contribution in [3.05, 3.63) is 59.9 Å². The van der Waals surface area contributed by atoms with Crippen LogP contribution in [-0.2, 0) is 6.42 Å². The van der Waals surface area contributed by atoms with Gasteiger partial charge in [-0.1, -0.05) is 30.3 Å². The highest BCUT2D eigenvalue weighted by Gasteiger charge is 2.16. The van der Waals surface area contributed by atoms with Crippen molar-refractivity contribution in [2.75, 3.05) is 5.88 Å². The van der Waals surface area contributed by atoms with E-state index in [2.05, 4.69) is 10.3 Å². The number of benzene rings is 1. The number of pyridine rings is 1. The highest BCUT2D eigenvalue weighted by molar-refractivity contribution is 6.18. The summed E-state index contributed by atoms with van der Waals surface area (Å²) >= 11 is 5.90. The van der Waals surface area contributed by atoms with Gasteiger partial charge in [-0.3, -0.25) is 9.78 Å². The molecule has 1 amide bonds. The Bertz CT molecular complexity index is 575. The van der Waals surface area contributed by atoms with Crippen LogP contribution < -0.4 is 5.32 Å². The monoisotopic (exact) mass is 290 g/mol. The Morgan fingerprint density at radius 1 is 1.30 bits per heavy atom. The van der Waals surface area contributed by atoms with Gasteiger partial charge in [0.05, 0.1) is 11.8 Å². The Labute approximate surface area is 122 Å². The predicted molar refractivity (Wildman–Crippen MR) is 78.0 cm³/mol. The van der Waals surface area contributed by atoms with E-state index in [0.717, 1.165) is 5.56 Å². The average Bonchev–Trinajstić information content (AvgIpc) is 2.48. The summed E-state index contributed by atoms with van der Waals surface area (Å²) in [6.07, 6.45) is 3.34. The van der Waals surface area contributed by atoms with E-state index in [0.29, 0.717) is 12.3 Å². The molecule has 0 aliphatic heterocycles. The number of amides is 1. The van der Waals surface area contributed by atoms with Crippen LogP contribution in [0.5, 0.6) is 5.75 Å². The number of hydrogen-bond donors (Lipinski definition) is 2. The minimum Gasteiger partial charge on any atom is -0.505 e. The molecule has 5 heteroatoms. The van der Waals surface area contributed by atoms with E-state index in [4.69, 9.17) is 11.6 Å². The fourth-order valence-electron chi connectivity index (χ4n) is 1.88. The van der Waals surface area contributed by atoms with Crippen molar-refractivity contribution in [3.8, 4) is 5.75 Å². The minimum absolute atomic E-state index is 0.141. The zero-order valence-electron chi connectivity index (χ0n) is 10.8. The van der Waals surface area contributed by atoms with E-state index in [1.807, 2.05) is 30.3 Å². The lowest BCUT2D eigenvalue weighted by atomic mass is 10.1. The molecule has 104 valence electrons. The van der Waals surface area contributed by atoms with Gasteiger partial charge in [0.15, 0.2) is 0 Å². The number of rotatable bonds is 5. The first kappa shape index (κ1) is 14.3. The Morgan fingerprint density at radius 2 is 2.05 bits per heavy atom. The van der Waals surface area contributed by atoms with Gasteiger partial charge in [-0.2, -0.15) is 0 Å². The number of aromatic hydroxyl groups is 1. The Balaban J connectivity index is 2.03. The fraction of sp³-hybridized carbons (Fsp3) is 0.200. The first-order chi connectivity index (χ1) is 9.70. The van der Waals surface area contributed by atoms with Crippen LogP contribution in [0.15, 0.2) is 48.8 Å². The Hall–Kier alpha value is -2.07. The molecular formula is C15H15ClN2O2. The molecule has 0 radical (unpaired) electrons. The van der Waals surface area contributed by atoms with Crippen LogP contribution in [0.25, 0.3) is 0 Å². The molecule has 2 N–H and O–H groups in total. The van der Waals surface area contributed by atoms with Gasteiger partial charge < -0.3 is 10.4 Å². The maximum absolute atomic E-state index is 12.1. The normalized spacial score (nSPS) is 11.8. The SMILES string of the molecule is O=C(NC(CCl)Cc1ccccc1)c1ccncc1O. The first-order valence-corrected chi connectivity index (χ1v) is 6.78. The summed E-state index contributed by atoms with van der Waals surface area (Å²) in [5.41, 5.74) is 1.29. The quantitative estimate of drug-likeness (QED) is 0.831. The molecule has 1 atom stereocenters. The largest absolute Gasteiger partial charge is 0.505 e. The van der Waals surface area contributed by atoms with E-state index in [1.165, 1.54) is 18.5 Å². The minimum atomic E-state index is -0.355. The lowest BCUT2D eigenvalue weighted by molar-refractivity contribution is 0.0937. The second-order valence-corrected chi connectivity index (χ2v) is 4.72. The van der Waals surface area contributed by atoms with Crippen LogP contribution in [0.2, 0.25) is 0 Å². The number of carbonyl (C=O) groups excluding carboxylic acids is 1. The number of nitrogens with zero attached hydrogens (tertiary/aromatic N) is 1. The van der Waals surface area contributed by atoms with Crippen LogP contribution in [-0.4, -0.2) is 27.9 Å². The van der Waals surface area contributed by atoms with E-state index in [1.54, 1.807) is 0 Å². The molecule has 0 saturated heterocycles. The molecule has 1 aromatic heterocycles. The molecule has 20 heavy (non-hydrogen) atoms. The maximum atomic E-state index is 12.1. The van der Waals surface area contributed by atoms with Crippen molar-refractivity contribution in [3.63, 3.8) is 0 Å². The van der Waals surface area contributed by atoms with E-state index < -0.39 is 0 Å². The highest BCUT2D eigenvalue weighted by Crippen LogP contribution is 2.14. The van der Waals surface area contributed by atoms with E-state index in [-0.39, 0.29) is 23.3 Å². The number of alkyl halides is 1. The van der Waals surface area contributed by atoms with Crippen LogP contribution in [0.3, 0.4) is 0 Å². The molecule has 0 bridgehead atoms. The highest BCUT2D eigenvalue weighted by atomic mass is 35.5. The van der Waals surface area contributed by atoms with Crippen molar-refractivity contribution in [1.29, 1.82) is 0 Å². The van der Waals surface area contributed by atoms with Crippen molar-refractivity contribution in [1.82, 2.24) is 10.3 Å². The van der Waals surface area contributed by atoms with Crippen molar-refractivity contribution >= 4 is 17.5 Å². The third-order valence-corrected chi connectivity index (χ3v) is 3.26. The van der Waals surface area contributed by atoms with Gasteiger partial charge in [-0.15, -0.1) is 11.6 Å². The summed E-state index contributed by atoms with van der Waals surface area (Å²) < 4.78 is 0. The molecule has 0 saturated carbocycles. The molecule has 0 aliphatic rings. The van der Waals surface area contributed by atoms with E-state index >= 15 is 0 Å². The smallest absolute Gasteiger partial charge is 0.255 e.